The van der Waals surface area contributed by atoms with Crippen molar-refractivity contribution < 1.29 is 94.5 Å². The number of ether oxygens (including phenoxy) is 2. The average molecular weight is 474 g/mol. The van der Waals surface area contributed by atoms with E-state index in [0.717, 1.165) is 25.7 Å². The van der Waals surface area contributed by atoms with Crippen LogP contribution in [0.3, 0.4) is 0 Å². The Bertz CT molecular complexity index is 879. The molecule has 0 amide bonds. The molecule has 0 unspecified atom stereocenters. The summed E-state index contributed by atoms with van der Waals surface area (Å²) in [6, 6.07) is 10.7. The number of benzene rings is 2. The van der Waals surface area contributed by atoms with Gasteiger partial charge in [0.15, 0.2) is 0 Å². The summed E-state index contributed by atoms with van der Waals surface area (Å²) in [4.78, 5) is -0.576. The zero-order valence-electron chi connectivity index (χ0n) is 16.9. The fourth-order valence-corrected chi connectivity index (χ4v) is 3.28. The van der Waals surface area contributed by atoms with Crippen LogP contribution in [0.25, 0.3) is 0 Å². The summed E-state index contributed by atoms with van der Waals surface area (Å²) in [7, 11) is -8.89. The number of hydrogen-bond donors (Lipinski definition) is 0. The second kappa shape index (κ2) is 14.1. The average Bonchev–Trinajstić information content (AvgIpc) is 2.63. The molecule has 0 fully saturated rings. The van der Waals surface area contributed by atoms with Gasteiger partial charge in [-0.1, -0.05) is 0 Å². The van der Waals surface area contributed by atoms with Crippen molar-refractivity contribution in [2.45, 2.75) is 35.5 Å². The van der Waals surface area contributed by atoms with Crippen molar-refractivity contribution in [2.75, 3.05) is 13.2 Å². The molecule has 0 saturated heterocycles. The third-order valence-electron chi connectivity index (χ3n) is 3.80. The second-order valence-corrected chi connectivity index (χ2v) is 8.72. The first-order chi connectivity index (χ1) is 13.2. The van der Waals surface area contributed by atoms with Crippen LogP contribution >= 0.6 is 0 Å². The molecule has 0 aromatic heterocycles. The SMILES string of the molecule is O=S(=O)([O-])c1ccc(OCCCCCCOc2ccc(S(=O)(=O)[O-])cc2)cc1.[Na+].[Na+]. The summed E-state index contributed by atoms with van der Waals surface area (Å²) in [6.45, 7) is 0.935. The molecule has 0 atom stereocenters. The van der Waals surface area contributed by atoms with Crippen LogP contribution in [-0.4, -0.2) is 39.2 Å². The molecular formula is C18H20Na2O8S2. The van der Waals surface area contributed by atoms with Gasteiger partial charge in [-0.05, 0) is 74.2 Å². The summed E-state index contributed by atoms with van der Waals surface area (Å²) < 4.78 is 76.0. The van der Waals surface area contributed by atoms with E-state index in [1.807, 2.05) is 0 Å². The van der Waals surface area contributed by atoms with Crippen LogP contribution in [0.4, 0.5) is 0 Å². The van der Waals surface area contributed by atoms with Gasteiger partial charge in [-0.2, -0.15) is 0 Å². The predicted octanol–water partition coefficient (Wildman–Crippen LogP) is -3.48. The summed E-state index contributed by atoms with van der Waals surface area (Å²) in [5, 5.41) is 0. The smallest absolute Gasteiger partial charge is 0.744 e. The van der Waals surface area contributed by atoms with E-state index < -0.39 is 20.2 Å². The molecular weight excluding hydrogens is 454 g/mol. The van der Waals surface area contributed by atoms with Gasteiger partial charge in [-0.15, -0.1) is 0 Å². The predicted molar refractivity (Wildman–Crippen MR) is 98.3 cm³/mol. The van der Waals surface area contributed by atoms with Gasteiger partial charge < -0.3 is 18.6 Å². The molecule has 0 aliphatic rings. The maximum atomic E-state index is 10.8. The van der Waals surface area contributed by atoms with Crippen molar-refractivity contribution >= 4 is 20.2 Å². The zero-order valence-corrected chi connectivity index (χ0v) is 22.6. The van der Waals surface area contributed by atoms with Crippen LogP contribution in [0.2, 0.25) is 0 Å². The van der Waals surface area contributed by atoms with Crippen molar-refractivity contribution in [1.29, 1.82) is 0 Å². The summed E-state index contributed by atoms with van der Waals surface area (Å²) in [6.07, 6.45) is 3.42. The van der Waals surface area contributed by atoms with Crippen LogP contribution in [-0.2, 0) is 20.2 Å². The van der Waals surface area contributed by atoms with Gasteiger partial charge in [-0.25, -0.2) is 16.8 Å². The zero-order chi connectivity index (χ0) is 20.6. The minimum absolute atomic E-state index is 0. The van der Waals surface area contributed by atoms with Crippen LogP contribution in [0.1, 0.15) is 25.7 Å². The molecule has 0 aliphatic heterocycles. The molecule has 2 aromatic rings. The van der Waals surface area contributed by atoms with Gasteiger partial charge in [-0.3, -0.25) is 0 Å². The van der Waals surface area contributed by atoms with E-state index in [1.54, 1.807) is 0 Å². The maximum Gasteiger partial charge on any atom is 1.00 e. The first-order valence-electron chi connectivity index (χ1n) is 8.54. The molecule has 0 heterocycles. The normalized spacial score (nSPS) is 11.1. The third kappa shape index (κ3) is 10.9. The van der Waals surface area contributed by atoms with E-state index in [-0.39, 0.29) is 68.9 Å². The molecule has 12 heteroatoms. The fourth-order valence-electron chi connectivity index (χ4n) is 2.34. The van der Waals surface area contributed by atoms with Gasteiger partial charge in [0.05, 0.1) is 23.0 Å². The number of unbranched alkanes of at least 4 members (excludes halogenated alkanes) is 3. The summed E-state index contributed by atoms with van der Waals surface area (Å²) in [5.74, 6) is 0.999. The van der Waals surface area contributed by atoms with Crippen LogP contribution in [0.15, 0.2) is 58.3 Å². The Labute approximate surface area is 221 Å². The fraction of sp³-hybridized carbons (Fsp3) is 0.333. The Hall–Kier alpha value is -0.140. The summed E-state index contributed by atoms with van der Waals surface area (Å²) in [5.41, 5.74) is 0. The Morgan fingerprint density at radius 3 is 1.13 bits per heavy atom. The van der Waals surface area contributed by atoms with E-state index in [0.29, 0.717) is 24.7 Å². The molecule has 0 radical (unpaired) electrons. The van der Waals surface area contributed by atoms with Gasteiger partial charge in [0.1, 0.15) is 31.7 Å². The Morgan fingerprint density at radius 1 is 0.567 bits per heavy atom. The minimum atomic E-state index is -4.44. The number of hydrogen-bond acceptors (Lipinski definition) is 8. The van der Waals surface area contributed by atoms with Gasteiger partial charge >= 0.3 is 59.1 Å². The van der Waals surface area contributed by atoms with Crippen LogP contribution in [0, 0.1) is 0 Å². The van der Waals surface area contributed by atoms with Crippen LogP contribution in [0.5, 0.6) is 11.5 Å². The van der Waals surface area contributed by atoms with Crippen molar-refractivity contribution in [2.24, 2.45) is 0 Å². The molecule has 2 rings (SSSR count). The van der Waals surface area contributed by atoms with Crippen molar-refractivity contribution in [3.63, 3.8) is 0 Å². The maximum absolute atomic E-state index is 10.8. The minimum Gasteiger partial charge on any atom is -0.744 e. The molecule has 8 nitrogen and oxygen atoms in total. The molecule has 0 saturated carbocycles. The molecule has 0 bridgehead atoms. The van der Waals surface area contributed by atoms with E-state index in [1.165, 1.54) is 48.5 Å². The van der Waals surface area contributed by atoms with Gasteiger partial charge in [0.2, 0.25) is 0 Å². The Balaban J connectivity index is 0.00000420. The number of rotatable bonds is 11. The molecule has 0 aliphatic carbocycles. The Kier molecular flexibility index (Phi) is 14.0. The first-order valence-corrected chi connectivity index (χ1v) is 11.4. The summed E-state index contributed by atoms with van der Waals surface area (Å²) >= 11 is 0. The topological polar surface area (TPSA) is 133 Å². The van der Waals surface area contributed by atoms with E-state index in [2.05, 4.69) is 0 Å². The van der Waals surface area contributed by atoms with Crippen molar-refractivity contribution in [3.8, 4) is 11.5 Å². The van der Waals surface area contributed by atoms with Crippen LogP contribution < -0.4 is 68.6 Å². The largest absolute Gasteiger partial charge is 1.00 e. The van der Waals surface area contributed by atoms with Gasteiger partial charge in [0.25, 0.3) is 0 Å². The molecule has 0 spiro atoms. The molecule has 30 heavy (non-hydrogen) atoms. The van der Waals surface area contributed by atoms with Crippen molar-refractivity contribution in [1.82, 2.24) is 0 Å². The Morgan fingerprint density at radius 2 is 0.867 bits per heavy atom. The van der Waals surface area contributed by atoms with E-state index >= 15 is 0 Å². The first kappa shape index (κ1) is 29.9. The molecule has 154 valence electrons. The quantitative estimate of drug-likeness (QED) is 0.186. The van der Waals surface area contributed by atoms with E-state index in [4.69, 9.17) is 9.47 Å². The van der Waals surface area contributed by atoms with E-state index in [9.17, 15) is 25.9 Å². The van der Waals surface area contributed by atoms with Crippen molar-refractivity contribution in [3.05, 3.63) is 48.5 Å². The molecule has 0 N–H and O–H groups in total. The monoisotopic (exact) mass is 474 g/mol. The second-order valence-electron chi connectivity index (χ2n) is 5.96. The molecule has 2 aromatic carbocycles. The standard InChI is InChI=1S/C18H22O8S2.2Na/c19-27(20,21)17-9-5-15(6-10-17)25-13-3-1-2-4-14-26-16-7-11-18(12-8-16)28(22,23)24;;/h5-12H,1-4,13-14H2,(H,19,20,21)(H,22,23,24);;/q;2*+1/p-2. The van der Waals surface area contributed by atoms with Gasteiger partial charge in [0, 0.05) is 0 Å². The third-order valence-corrected chi connectivity index (χ3v) is 5.50.